The standard InChI is InChI=1S/C25H29FN6O4/c1-25(2,3)21(24(36)29-17(22(28)34)12-19(27)33)30-23(35)20-16-6-4-5-7-18(16)32(31-20)13-14-8-10-15(26)11-9-14/h4-11,17,21H,12-13H2,1-3H3,(H2,27,33)(H2,28,34)(H,29,36)(H,30,35)/t17-,21-/m1/s1. The molecule has 0 saturated heterocycles. The highest BCUT2D eigenvalue weighted by Crippen LogP contribution is 2.23. The molecule has 0 aliphatic carbocycles. The summed E-state index contributed by atoms with van der Waals surface area (Å²) in [6.45, 7) is 5.49. The molecule has 0 aliphatic heterocycles. The largest absolute Gasteiger partial charge is 0.370 e. The summed E-state index contributed by atoms with van der Waals surface area (Å²) >= 11 is 0. The molecule has 1 aromatic heterocycles. The van der Waals surface area contributed by atoms with Crippen LogP contribution in [0.4, 0.5) is 4.39 Å². The first-order chi connectivity index (χ1) is 16.9. The van der Waals surface area contributed by atoms with E-state index in [4.69, 9.17) is 11.5 Å². The normalized spacial score (nSPS) is 13.1. The predicted octanol–water partition coefficient (Wildman–Crippen LogP) is 1.21. The zero-order chi connectivity index (χ0) is 26.6. The van der Waals surface area contributed by atoms with E-state index in [2.05, 4.69) is 15.7 Å². The van der Waals surface area contributed by atoms with Gasteiger partial charge in [0.15, 0.2) is 5.69 Å². The number of hydrogen-bond acceptors (Lipinski definition) is 5. The Morgan fingerprint density at radius 1 is 1.00 bits per heavy atom. The topological polar surface area (TPSA) is 162 Å². The Kier molecular flexibility index (Phi) is 7.71. The highest BCUT2D eigenvalue weighted by atomic mass is 19.1. The molecule has 3 rings (SSSR count). The Balaban J connectivity index is 1.89. The fourth-order valence-corrected chi connectivity index (χ4v) is 3.73. The summed E-state index contributed by atoms with van der Waals surface area (Å²) in [5.41, 5.74) is 11.2. The number of aromatic nitrogens is 2. The van der Waals surface area contributed by atoms with Crippen LogP contribution in [0.1, 0.15) is 43.2 Å². The smallest absolute Gasteiger partial charge is 0.273 e. The van der Waals surface area contributed by atoms with Crippen LogP contribution >= 0.6 is 0 Å². The number of primary amides is 2. The lowest BCUT2D eigenvalue weighted by molar-refractivity contribution is -0.131. The zero-order valence-corrected chi connectivity index (χ0v) is 20.2. The van der Waals surface area contributed by atoms with Crippen molar-refractivity contribution < 1.29 is 23.6 Å². The van der Waals surface area contributed by atoms with Crippen molar-refractivity contribution in [1.29, 1.82) is 0 Å². The van der Waals surface area contributed by atoms with E-state index in [9.17, 15) is 23.6 Å². The number of benzene rings is 2. The molecule has 36 heavy (non-hydrogen) atoms. The maximum atomic E-state index is 13.3. The van der Waals surface area contributed by atoms with Gasteiger partial charge in [-0.3, -0.25) is 23.9 Å². The quantitative estimate of drug-likeness (QED) is 0.349. The SMILES string of the molecule is CC(C)(C)[C@H](NC(=O)c1nn(Cc2ccc(F)cc2)c2ccccc12)C(=O)N[C@H](CC(N)=O)C(N)=O. The minimum Gasteiger partial charge on any atom is -0.370 e. The number of halogens is 1. The Morgan fingerprint density at radius 3 is 2.22 bits per heavy atom. The van der Waals surface area contributed by atoms with Crippen molar-refractivity contribution >= 4 is 34.5 Å². The minimum atomic E-state index is -1.31. The molecule has 4 amide bonds. The van der Waals surface area contributed by atoms with Crippen LogP contribution in [-0.4, -0.2) is 45.5 Å². The summed E-state index contributed by atoms with van der Waals surface area (Å²) in [6, 6.07) is 10.7. The summed E-state index contributed by atoms with van der Waals surface area (Å²) in [7, 11) is 0. The van der Waals surface area contributed by atoms with Crippen molar-refractivity contribution in [2.24, 2.45) is 16.9 Å². The lowest BCUT2D eigenvalue weighted by Crippen LogP contribution is -2.57. The first-order valence-corrected chi connectivity index (χ1v) is 11.3. The van der Waals surface area contributed by atoms with Crippen molar-refractivity contribution in [3.63, 3.8) is 0 Å². The van der Waals surface area contributed by atoms with Crippen LogP contribution in [0.15, 0.2) is 48.5 Å². The summed E-state index contributed by atoms with van der Waals surface area (Å²) in [5.74, 6) is -3.40. The maximum Gasteiger partial charge on any atom is 0.273 e. The molecular weight excluding hydrogens is 467 g/mol. The second-order valence-corrected chi connectivity index (χ2v) is 9.56. The molecule has 0 bridgehead atoms. The van der Waals surface area contributed by atoms with Crippen molar-refractivity contribution in [3.8, 4) is 0 Å². The van der Waals surface area contributed by atoms with E-state index < -0.39 is 47.5 Å². The maximum absolute atomic E-state index is 13.3. The molecule has 2 aromatic carbocycles. The third kappa shape index (κ3) is 6.23. The number of nitrogens with one attached hydrogen (secondary N) is 2. The number of rotatable bonds is 9. The first kappa shape index (κ1) is 26.3. The van der Waals surface area contributed by atoms with Crippen molar-refractivity contribution in [1.82, 2.24) is 20.4 Å². The molecule has 1 heterocycles. The van der Waals surface area contributed by atoms with Crippen LogP contribution in [-0.2, 0) is 20.9 Å². The molecule has 6 N–H and O–H groups in total. The van der Waals surface area contributed by atoms with Gasteiger partial charge in [0.1, 0.15) is 17.9 Å². The number of amides is 4. The number of nitrogens with zero attached hydrogens (tertiary/aromatic N) is 2. The first-order valence-electron chi connectivity index (χ1n) is 11.3. The van der Waals surface area contributed by atoms with Crippen molar-refractivity contribution in [2.75, 3.05) is 0 Å². The second kappa shape index (κ2) is 10.5. The number of carbonyl (C=O) groups excluding carboxylic acids is 4. The summed E-state index contributed by atoms with van der Waals surface area (Å²) < 4.78 is 14.9. The molecule has 0 aliphatic rings. The van der Waals surface area contributed by atoms with Crippen LogP contribution in [0, 0.1) is 11.2 Å². The highest BCUT2D eigenvalue weighted by Gasteiger charge is 2.36. The van der Waals surface area contributed by atoms with E-state index in [0.29, 0.717) is 17.4 Å². The van der Waals surface area contributed by atoms with Crippen molar-refractivity contribution in [3.05, 3.63) is 65.6 Å². The van der Waals surface area contributed by atoms with Gasteiger partial charge in [-0.05, 0) is 29.2 Å². The summed E-state index contributed by atoms with van der Waals surface area (Å²) in [5, 5.41) is 10.1. The lowest BCUT2D eigenvalue weighted by atomic mass is 9.85. The molecule has 0 radical (unpaired) electrons. The van der Waals surface area contributed by atoms with Gasteiger partial charge in [-0.25, -0.2) is 4.39 Å². The third-order valence-corrected chi connectivity index (χ3v) is 5.59. The molecular formula is C25H29FN6O4. The molecule has 0 spiro atoms. The van der Waals surface area contributed by atoms with E-state index in [-0.39, 0.29) is 11.5 Å². The number of hydrogen-bond donors (Lipinski definition) is 4. The predicted molar refractivity (Wildman–Crippen MR) is 131 cm³/mol. The molecule has 0 fully saturated rings. The number of carbonyl (C=O) groups is 4. The van der Waals surface area contributed by atoms with E-state index >= 15 is 0 Å². The van der Waals surface area contributed by atoms with Crippen LogP contribution in [0.25, 0.3) is 10.9 Å². The average Bonchev–Trinajstić information content (AvgIpc) is 3.15. The van der Waals surface area contributed by atoms with Crippen LogP contribution < -0.4 is 22.1 Å². The molecule has 11 heteroatoms. The van der Waals surface area contributed by atoms with E-state index in [0.717, 1.165) is 5.56 Å². The molecule has 0 saturated carbocycles. The molecule has 190 valence electrons. The van der Waals surface area contributed by atoms with Crippen molar-refractivity contribution in [2.45, 2.75) is 45.8 Å². The van der Waals surface area contributed by atoms with Gasteiger partial charge >= 0.3 is 0 Å². The van der Waals surface area contributed by atoms with Crippen LogP contribution in [0.3, 0.4) is 0 Å². The minimum absolute atomic E-state index is 0.0957. The second-order valence-electron chi connectivity index (χ2n) is 9.56. The molecule has 10 nitrogen and oxygen atoms in total. The fraction of sp³-hybridized carbons (Fsp3) is 0.320. The average molecular weight is 497 g/mol. The van der Waals surface area contributed by atoms with Gasteiger partial charge in [-0.2, -0.15) is 5.10 Å². The molecule has 3 aromatic rings. The van der Waals surface area contributed by atoms with Gasteiger partial charge in [-0.15, -0.1) is 0 Å². The number of fused-ring (bicyclic) bond motifs is 1. The van der Waals surface area contributed by atoms with E-state index in [1.54, 1.807) is 61.9 Å². The third-order valence-electron chi connectivity index (χ3n) is 5.59. The van der Waals surface area contributed by atoms with Gasteiger partial charge in [0.2, 0.25) is 17.7 Å². The Hall–Kier alpha value is -4.28. The van der Waals surface area contributed by atoms with Crippen LogP contribution in [0.2, 0.25) is 0 Å². The summed E-state index contributed by atoms with van der Waals surface area (Å²) in [6.07, 6.45) is -0.468. The van der Waals surface area contributed by atoms with Gasteiger partial charge in [0, 0.05) is 5.39 Å². The fourth-order valence-electron chi connectivity index (χ4n) is 3.73. The Morgan fingerprint density at radius 2 is 1.64 bits per heavy atom. The number of nitrogens with two attached hydrogens (primary N) is 2. The zero-order valence-electron chi connectivity index (χ0n) is 20.2. The Bertz CT molecular complexity index is 1300. The molecule has 0 unspecified atom stereocenters. The highest BCUT2D eigenvalue weighted by molar-refractivity contribution is 6.06. The molecule has 2 atom stereocenters. The lowest BCUT2D eigenvalue weighted by Gasteiger charge is -2.31. The van der Waals surface area contributed by atoms with E-state index in [1.165, 1.54) is 12.1 Å². The van der Waals surface area contributed by atoms with Gasteiger partial charge in [0.25, 0.3) is 5.91 Å². The van der Waals surface area contributed by atoms with Gasteiger partial charge < -0.3 is 22.1 Å². The summed E-state index contributed by atoms with van der Waals surface area (Å²) in [4.78, 5) is 49.3. The van der Waals surface area contributed by atoms with Gasteiger partial charge in [0.05, 0.1) is 18.5 Å². The number of para-hydroxylation sites is 1. The van der Waals surface area contributed by atoms with Crippen LogP contribution in [0.5, 0.6) is 0 Å². The Labute approximate surface area is 207 Å². The van der Waals surface area contributed by atoms with Gasteiger partial charge in [-0.1, -0.05) is 51.1 Å². The van der Waals surface area contributed by atoms with E-state index in [1.807, 2.05) is 0 Å². The monoisotopic (exact) mass is 496 g/mol.